The van der Waals surface area contributed by atoms with E-state index in [0.717, 1.165) is 12.0 Å². The van der Waals surface area contributed by atoms with Crippen molar-refractivity contribution in [3.8, 4) is 0 Å². The zero-order chi connectivity index (χ0) is 8.97. The van der Waals surface area contributed by atoms with Gasteiger partial charge in [0.2, 0.25) is 0 Å². The minimum Gasteiger partial charge on any atom is -0.464 e. The maximum absolute atomic E-state index is 11.0. The van der Waals surface area contributed by atoms with Crippen LogP contribution in [0.3, 0.4) is 0 Å². The molecule has 1 heterocycles. The van der Waals surface area contributed by atoms with Gasteiger partial charge in [-0.3, -0.25) is 0 Å². The lowest BCUT2D eigenvalue weighted by atomic mass is 10.2. The van der Waals surface area contributed by atoms with Crippen LogP contribution in [0.2, 0.25) is 0 Å². The van der Waals surface area contributed by atoms with Crippen molar-refractivity contribution in [1.82, 2.24) is 4.98 Å². The molecule has 0 aromatic carbocycles. The Hall–Kier alpha value is -1.38. The van der Waals surface area contributed by atoms with Crippen LogP contribution in [0.15, 0.2) is 18.3 Å². The van der Waals surface area contributed by atoms with Crippen molar-refractivity contribution in [1.29, 1.82) is 0 Å². The van der Waals surface area contributed by atoms with Gasteiger partial charge in [-0.15, -0.1) is 0 Å². The van der Waals surface area contributed by atoms with Gasteiger partial charge in [-0.05, 0) is 24.1 Å². The summed E-state index contributed by atoms with van der Waals surface area (Å²) in [6.07, 6.45) is 2.51. The van der Waals surface area contributed by atoms with Crippen molar-refractivity contribution >= 4 is 5.97 Å². The maximum atomic E-state index is 11.0. The molecule has 0 saturated heterocycles. The number of aromatic nitrogens is 1. The standard InChI is InChI=1S/C9H11NO2/c1-3-7-4-5-10-8(6-7)9(11)12-2/h4-6H,3H2,1-2H3. The van der Waals surface area contributed by atoms with Crippen molar-refractivity contribution in [2.24, 2.45) is 0 Å². The summed E-state index contributed by atoms with van der Waals surface area (Å²) in [6, 6.07) is 3.62. The number of ether oxygens (including phenoxy) is 1. The Balaban J connectivity index is 2.93. The molecule has 0 N–H and O–H groups in total. The van der Waals surface area contributed by atoms with E-state index in [0.29, 0.717) is 5.69 Å². The van der Waals surface area contributed by atoms with Crippen LogP contribution < -0.4 is 0 Å². The number of methoxy groups -OCH3 is 1. The van der Waals surface area contributed by atoms with Crippen molar-refractivity contribution in [2.75, 3.05) is 7.11 Å². The molecule has 1 aromatic heterocycles. The van der Waals surface area contributed by atoms with Crippen LogP contribution >= 0.6 is 0 Å². The second-order valence-electron chi connectivity index (χ2n) is 2.39. The van der Waals surface area contributed by atoms with Crippen molar-refractivity contribution in [2.45, 2.75) is 13.3 Å². The van der Waals surface area contributed by atoms with Gasteiger partial charge in [0.05, 0.1) is 7.11 Å². The fourth-order valence-electron chi connectivity index (χ4n) is 0.910. The Kier molecular flexibility index (Phi) is 2.80. The fraction of sp³-hybridized carbons (Fsp3) is 0.333. The quantitative estimate of drug-likeness (QED) is 0.622. The average molecular weight is 165 g/mol. The zero-order valence-electron chi connectivity index (χ0n) is 7.20. The number of rotatable bonds is 2. The predicted molar refractivity (Wildman–Crippen MR) is 45.0 cm³/mol. The molecule has 0 bridgehead atoms. The molecule has 3 heteroatoms. The molecule has 0 fully saturated rings. The van der Waals surface area contributed by atoms with Crippen LogP contribution in [0.1, 0.15) is 23.0 Å². The molecule has 1 rings (SSSR count). The zero-order valence-corrected chi connectivity index (χ0v) is 7.20. The van der Waals surface area contributed by atoms with Crippen LogP contribution in [0.5, 0.6) is 0 Å². The molecule has 0 saturated carbocycles. The van der Waals surface area contributed by atoms with Gasteiger partial charge in [0.25, 0.3) is 0 Å². The number of carbonyl (C=O) groups excluding carboxylic acids is 1. The van der Waals surface area contributed by atoms with Gasteiger partial charge in [0, 0.05) is 6.20 Å². The lowest BCUT2D eigenvalue weighted by Crippen LogP contribution is -2.04. The highest BCUT2D eigenvalue weighted by atomic mass is 16.5. The normalized spacial score (nSPS) is 9.50. The lowest BCUT2D eigenvalue weighted by molar-refractivity contribution is 0.0594. The third kappa shape index (κ3) is 1.81. The molecule has 0 aliphatic carbocycles. The minimum absolute atomic E-state index is 0.372. The predicted octanol–water partition coefficient (Wildman–Crippen LogP) is 1.43. The first kappa shape index (κ1) is 8.71. The Morgan fingerprint density at radius 3 is 3.00 bits per heavy atom. The molecule has 0 atom stereocenters. The number of nitrogens with zero attached hydrogens (tertiary/aromatic N) is 1. The van der Waals surface area contributed by atoms with Gasteiger partial charge in [-0.1, -0.05) is 6.92 Å². The maximum Gasteiger partial charge on any atom is 0.356 e. The fourth-order valence-corrected chi connectivity index (χ4v) is 0.910. The number of esters is 1. The summed E-state index contributed by atoms with van der Waals surface area (Å²) < 4.78 is 4.53. The van der Waals surface area contributed by atoms with Gasteiger partial charge in [-0.2, -0.15) is 0 Å². The molecule has 0 amide bonds. The topological polar surface area (TPSA) is 39.2 Å². The monoisotopic (exact) mass is 165 g/mol. The average Bonchev–Trinajstić information content (AvgIpc) is 2.17. The van der Waals surface area contributed by atoms with E-state index in [2.05, 4.69) is 9.72 Å². The number of hydrogen-bond donors (Lipinski definition) is 0. The summed E-state index contributed by atoms with van der Waals surface area (Å²) >= 11 is 0. The summed E-state index contributed by atoms with van der Waals surface area (Å²) in [5.41, 5.74) is 1.46. The van der Waals surface area contributed by atoms with E-state index in [1.807, 2.05) is 13.0 Å². The van der Waals surface area contributed by atoms with Gasteiger partial charge in [-0.25, -0.2) is 9.78 Å². The summed E-state index contributed by atoms with van der Waals surface area (Å²) in [6.45, 7) is 2.02. The first-order valence-corrected chi connectivity index (χ1v) is 3.81. The molecule has 0 radical (unpaired) electrons. The van der Waals surface area contributed by atoms with Crippen LogP contribution in [0, 0.1) is 0 Å². The Morgan fingerprint density at radius 2 is 2.42 bits per heavy atom. The van der Waals surface area contributed by atoms with Gasteiger partial charge < -0.3 is 4.74 Å². The van der Waals surface area contributed by atoms with E-state index >= 15 is 0 Å². The highest BCUT2D eigenvalue weighted by molar-refractivity contribution is 5.87. The van der Waals surface area contributed by atoms with Gasteiger partial charge in [0.15, 0.2) is 0 Å². The Labute approximate surface area is 71.4 Å². The first-order chi connectivity index (χ1) is 5.77. The van der Waals surface area contributed by atoms with Crippen LogP contribution in [-0.4, -0.2) is 18.1 Å². The summed E-state index contributed by atoms with van der Waals surface area (Å²) in [4.78, 5) is 14.9. The van der Waals surface area contributed by atoms with E-state index in [9.17, 15) is 4.79 Å². The van der Waals surface area contributed by atoms with Crippen LogP contribution in [-0.2, 0) is 11.2 Å². The number of hydrogen-bond acceptors (Lipinski definition) is 3. The highest BCUT2D eigenvalue weighted by Crippen LogP contribution is 2.03. The third-order valence-electron chi connectivity index (χ3n) is 1.63. The van der Waals surface area contributed by atoms with E-state index in [-0.39, 0.29) is 5.97 Å². The second kappa shape index (κ2) is 3.85. The molecule has 0 aliphatic heterocycles. The second-order valence-corrected chi connectivity index (χ2v) is 2.39. The lowest BCUT2D eigenvalue weighted by Gasteiger charge is -1.99. The Morgan fingerprint density at radius 1 is 1.67 bits per heavy atom. The van der Waals surface area contributed by atoms with E-state index in [1.54, 1.807) is 12.3 Å². The van der Waals surface area contributed by atoms with Gasteiger partial charge >= 0.3 is 5.97 Å². The Bertz CT molecular complexity index is 284. The largest absolute Gasteiger partial charge is 0.464 e. The van der Waals surface area contributed by atoms with E-state index in [4.69, 9.17) is 0 Å². The van der Waals surface area contributed by atoms with Crippen LogP contribution in [0.4, 0.5) is 0 Å². The van der Waals surface area contributed by atoms with Crippen molar-refractivity contribution < 1.29 is 9.53 Å². The molecule has 64 valence electrons. The molecular weight excluding hydrogens is 154 g/mol. The highest BCUT2D eigenvalue weighted by Gasteiger charge is 2.05. The minimum atomic E-state index is -0.384. The molecule has 3 nitrogen and oxygen atoms in total. The van der Waals surface area contributed by atoms with Crippen LogP contribution in [0.25, 0.3) is 0 Å². The number of aryl methyl sites for hydroxylation is 1. The molecule has 0 aliphatic rings. The first-order valence-electron chi connectivity index (χ1n) is 3.81. The molecule has 0 spiro atoms. The van der Waals surface area contributed by atoms with Gasteiger partial charge in [0.1, 0.15) is 5.69 Å². The SMILES string of the molecule is CCc1ccnc(C(=O)OC)c1. The molecular formula is C9H11NO2. The third-order valence-corrected chi connectivity index (χ3v) is 1.63. The molecule has 1 aromatic rings. The summed E-state index contributed by atoms with van der Waals surface area (Å²) in [7, 11) is 1.35. The van der Waals surface area contributed by atoms with E-state index < -0.39 is 0 Å². The molecule has 12 heavy (non-hydrogen) atoms. The summed E-state index contributed by atoms with van der Waals surface area (Å²) in [5.74, 6) is -0.384. The summed E-state index contributed by atoms with van der Waals surface area (Å²) in [5, 5.41) is 0. The number of carbonyl (C=O) groups is 1. The smallest absolute Gasteiger partial charge is 0.356 e. The van der Waals surface area contributed by atoms with Crippen molar-refractivity contribution in [3.63, 3.8) is 0 Å². The van der Waals surface area contributed by atoms with Crippen molar-refractivity contribution in [3.05, 3.63) is 29.6 Å². The van der Waals surface area contributed by atoms with E-state index in [1.165, 1.54) is 7.11 Å². The molecule has 0 unspecified atom stereocenters. The number of pyridine rings is 1.